The molecule has 0 aliphatic carbocycles. The Labute approximate surface area is 72.3 Å². The Morgan fingerprint density at radius 1 is 1.83 bits per heavy atom. The summed E-state index contributed by atoms with van der Waals surface area (Å²) in [5.41, 5.74) is 0. The van der Waals surface area contributed by atoms with Gasteiger partial charge in [-0.15, -0.1) is 6.58 Å². The van der Waals surface area contributed by atoms with Crippen molar-refractivity contribution >= 4 is 6.09 Å². The summed E-state index contributed by atoms with van der Waals surface area (Å²) in [6, 6.07) is 0.0358. The molecule has 0 saturated carbocycles. The number of rotatable bonds is 3. The van der Waals surface area contributed by atoms with Crippen molar-refractivity contribution in [1.82, 2.24) is 4.90 Å². The topological polar surface area (TPSA) is 29.5 Å². The minimum Gasteiger partial charge on any atom is -0.447 e. The van der Waals surface area contributed by atoms with E-state index in [0.717, 1.165) is 0 Å². The number of cyclic esters (lactones) is 1. The van der Waals surface area contributed by atoms with Crippen LogP contribution in [0, 0.1) is 0 Å². The van der Waals surface area contributed by atoms with Gasteiger partial charge in [-0.1, -0.05) is 18.2 Å². The van der Waals surface area contributed by atoms with Gasteiger partial charge in [0.2, 0.25) is 0 Å². The van der Waals surface area contributed by atoms with E-state index in [4.69, 9.17) is 4.74 Å². The van der Waals surface area contributed by atoms with Crippen LogP contribution in [0.5, 0.6) is 0 Å². The number of nitrogens with zero attached hydrogens (tertiary/aromatic N) is 1. The van der Waals surface area contributed by atoms with Crippen LogP contribution in [0.15, 0.2) is 24.8 Å². The molecular formula is C9H13NO2. The summed E-state index contributed by atoms with van der Waals surface area (Å²) >= 11 is 0. The molecular weight excluding hydrogens is 154 g/mol. The van der Waals surface area contributed by atoms with Gasteiger partial charge in [-0.05, 0) is 6.92 Å². The molecule has 1 rings (SSSR count). The molecule has 0 aromatic heterocycles. The average Bonchev–Trinajstić information content (AvgIpc) is 2.43. The number of ether oxygens (including phenoxy) is 1. The van der Waals surface area contributed by atoms with Crippen LogP contribution in [0.4, 0.5) is 4.79 Å². The summed E-state index contributed by atoms with van der Waals surface area (Å²) in [5.74, 6) is 0. The van der Waals surface area contributed by atoms with Gasteiger partial charge in [0.05, 0.1) is 6.04 Å². The first-order valence-electron chi connectivity index (χ1n) is 3.96. The first-order chi connectivity index (χ1) is 5.79. The van der Waals surface area contributed by atoms with Gasteiger partial charge in [0.15, 0.2) is 0 Å². The molecule has 0 aromatic rings. The molecule has 3 nitrogen and oxygen atoms in total. The van der Waals surface area contributed by atoms with Gasteiger partial charge >= 0.3 is 6.09 Å². The van der Waals surface area contributed by atoms with Crippen molar-refractivity contribution in [2.24, 2.45) is 0 Å². The number of allylic oxidation sites excluding steroid dienone is 1. The van der Waals surface area contributed by atoms with E-state index in [1.165, 1.54) is 0 Å². The predicted octanol–water partition coefficient (Wildman–Crippen LogP) is 1.57. The summed E-state index contributed by atoms with van der Waals surface area (Å²) in [7, 11) is 0. The zero-order valence-corrected chi connectivity index (χ0v) is 7.19. The van der Waals surface area contributed by atoms with E-state index in [0.29, 0.717) is 13.2 Å². The fraction of sp³-hybridized carbons (Fsp3) is 0.444. The van der Waals surface area contributed by atoms with E-state index in [2.05, 4.69) is 6.58 Å². The van der Waals surface area contributed by atoms with Gasteiger partial charge in [-0.3, -0.25) is 4.90 Å². The smallest absolute Gasteiger partial charge is 0.410 e. The molecule has 1 atom stereocenters. The lowest BCUT2D eigenvalue weighted by molar-refractivity contribution is 0.160. The highest BCUT2D eigenvalue weighted by Crippen LogP contribution is 2.12. The van der Waals surface area contributed by atoms with Crippen LogP contribution in [-0.4, -0.2) is 30.2 Å². The third kappa shape index (κ3) is 1.67. The zero-order valence-electron chi connectivity index (χ0n) is 7.19. The van der Waals surface area contributed by atoms with Gasteiger partial charge in [-0.25, -0.2) is 4.79 Å². The van der Waals surface area contributed by atoms with Gasteiger partial charge in [-0.2, -0.15) is 0 Å². The molecule has 66 valence electrons. The monoisotopic (exact) mass is 167 g/mol. The Morgan fingerprint density at radius 3 is 3.17 bits per heavy atom. The van der Waals surface area contributed by atoms with Crippen molar-refractivity contribution in [3.8, 4) is 0 Å². The van der Waals surface area contributed by atoms with E-state index < -0.39 is 0 Å². The van der Waals surface area contributed by atoms with Crippen molar-refractivity contribution in [2.75, 3.05) is 13.2 Å². The number of hydrogen-bond acceptors (Lipinski definition) is 2. The number of amides is 1. The first kappa shape index (κ1) is 8.84. The van der Waals surface area contributed by atoms with E-state index in [-0.39, 0.29) is 12.1 Å². The molecule has 0 bridgehead atoms. The molecule has 1 aliphatic rings. The number of carbonyl (C=O) groups is 1. The minimum absolute atomic E-state index is 0.0358. The lowest BCUT2D eigenvalue weighted by atomic mass is 10.3. The molecule has 0 radical (unpaired) electrons. The third-order valence-corrected chi connectivity index (χ3v) is 1.82. The van der Waals surface area contributed by atoms with Crippen LogP contribution >= 0.6 is 0 Å². The summed E-state index contributed by atoms with van der Waals surface area (Å²) in [6.07, 6.45) is 5.31. The zero-order chi connectivity index (χ0) is 8.97. The van der Waals surface area contributed by atoms with Crippen LogP contribution in [0.1, 0.15) is 6.92 Å². The molecule has 12 heavy (non-hydrogen) atoms. The maximum atomic E-state index is 11.1. The molecule has 1 heterocycles. The Hall–Kier alpha value is -1.25. The van der Waals surface area contributed by atoms with Gasteiger partial charge < -0.3 is 4.74 Å². The fourth-order valence-electron chi connectivity index (χ4n) is 1.09. The van der Waals surface area contributed by atoms with E-state index in [1.54, 1.807) is 11.0 Å². The standard InChI is InChI=1S/C9H13NO2/c1-3-5-6-10-8(4-2)7-12-9(10)11/h3-5,8H,2,6-7H2,1H3/b5-3+/t8-/m0/s1. The van der Waals surface area contributed by atoms with Crippen molar-refractivity contribution < 1.29 is 9.53 Å². The summed E-state index contributed by atoms with van der Waals surface area (Å²) in [4.78, 5) is 12.7. The van der Waals surface area contributed by atoms with Crippen molar-refractivity contribution in [3.63, 3.8) is 0 Å². The molecule has 0 aromatic carbocycles. The van der Waals surface area contributed by atoms with E-state index >= 15 is 0 Å². The Bertz CT molecular complexity index is 211. The fourth-order valence-corrected chi connectivity index (χ4v) is 1.09. The summed E-state index contributed by atoms with van der Waals surface area (Å²) in [5, 5.41) is 0. The molecule has 1 aliphatic heterocycles. The molecule has 0 N–H and O–H groups in total. The highest BCUT2D eigenvalue weighted by Gasteiger charge is 2.29. The first-order valence-corrected chi connectivity index (χ1v) is 3.96. The molecule has 0 unspecified atom stereocenters. The summed E-state index contributed by atoms with van der Waals surface area (Å²) in [6.45, 7) is 6.59. The van der Waals surface area contributed by atoms with Gasteiger partial charge in [0, 0.05) is 6.54 Å². The SMILES string of the molecule is C=C[C@H]1COC(=O)N1C/C=C/C. The Morgan fingerprint density at radius 2 is 2.58 bits per heavy atom. The highest BCUT2D eigenvalue weighted by atomic mass is 16.6. The molecule has 1 saturated heterocycles. The van der Waals surface area contributed by atoms with Crippen LogP contribution < -0.4 is 0 Å². The highest BCUT2D eigenvalue weighted by molar-refractivity contribution is 5.70. The van der Waals surface area contributed by atoms with Crippen LogP contribution in [-0.2, 0) is 4.74 Å². The van der Waals surface area contributed by atoms with E-state index in [9.17, 15) is 4.79 Å². The molecule has 3 heteroatoms. The van der Waals surface area contributed by atoms with Crippen molar-refractivity contribution in [2.45, 2.75) is 13.0 Å². The second kappa shape index (κ2) is 3.95. The molecule has 1 amide bonds. The summed E-state index contributed by atoms with van der Waals surface area (Å²) < 4.78 is 4.85. The Balaban J connectivity index is 2.57. The maximum Gasteiger partial charge on any atom is 0.410 e. The largest absolute Gasteiger partial charge is 0.447 e. The number of carbonyl (C=O) groups excluding carboxylic acids is 1. The normalized spacial score (nSPS) is 23.2. The third-order valence-electron chi connectivity index (χ3n) is 1.82. The number of hydrogen-bond donors (Lipinski definition) is 0. The van der Waals surface area contributed by atoms with E-state index in [1.807, 2.05) is 19.1 Å². The average molecular weight is 167 g/mol. The van der Waals surface area contributed by atoms with Crippen LogP contribution in [0.25, 0.3) is 0 Å². The van der Waals surface area contributed by atoms with Crippen molar-refractivity contribution in [1.29, 1.82) is 0 Å². The second-order valence-corrected chi connectivity index (χ2v) is 2.60. The minimum atomic E-state index is -0.252. The maximum absolute atomic E-state index is 11.1. The Kier molecular flexibility index (Phi) is 2.91. The van der Waals surface area contributed by atoms with Crippen LogP contribution in [0.2, 0.25) is 0 Å². The second-order valence-electron chi connectivity index (χ2n) is 2.60. The lowest BCUT2D eigenvalue weighted by Crippen LogP contribution is -2.31. The quantitative estimate of drug-likeness (QED) is 0.597. The van der Waals surface area contributed by atoms with Gasteiger partial charge in [0.25, 0.3) is 0 Å². The molecule has 1 fully saturated rings. The van der Waals surface area contributed by atoms with Crippen molar-refractivity contribution in [3.05, 3.63) is 24.8 Å². The molecule has 0 spiro atoms. The van der Waals surface area contributed by atoms with Gasteiger partial charge in [0.1, 0.15) is 6.61 Å². The lowest BCUT2D eigenvalue weighted by Gasteiger charge is -2.15. The predicted molar refractivity (Wildman–Crippen MR) is 46.9 cm³/mol. The van der Waals surface area contributed by atoms with Crippen LogP contribution in [0.3, 0.4) is 0 Å².